The molecule has 0 aliphatic rings. The number of nitrogens with two attached hydrogens (primary N) is 1. The van der Waals surface area contributed by atoms with Gasteiger partial charge in [0, 0.05) is 19.8 Å². The van der Waals surface area contributed by atoms with E-state index in [-0.39, 0.29) is 11.5 Å². The monoisotopic (exact) mass is 250 g/mol. The third kappa shape index (κ3) is 4.41. The van der Waals surface area contributed by atoms with E-state index in [0.29, 0.717) is 0 Å². The van der Waals surface area contributed by atoms with Crippen LogP contribution >= 0.6 is 0 Å². The van der Waals surface area contributed by atoms with Gasteiger partial charge in [-0.25, -0.2) is 0 Å². The van der Waals surface area contributed by atoms with Crippen molar-refractivity contribution in [2.24, 2.45) is 5.84 Å². The summed E-state index contributed by atoms with van der Waals surface area (Å²) in [6.45, 7) is 7.44. The largest absolute Gasteiger partial charge is 0.385 e. The Morgan fingerprint density at radius 1 is 1.22 bits per heavy atom. The Hall–Kier alpha value is -0.900. The van der Waals surface area contributed by atoms with Crippen LogP contribution in [-0.2, 0) is 10.2 Å². The molecule has 3 nitrogen and oxygen atoms in total. The minimum atomic E-state index is 0.195. The van der Waals surface area contributed by atoms with Gasteiger partial charge in [-0.1, -0.05) is 45.0 Å². The van der Waals surface area contributed by atoms with E-state index in [1.165, 1.54) is 11.1 Å². The predicted molar refractivity (Wildman–Crippen MR) is 76.3 cm³/mol. The Morgan fingerprint density at radius 2 is 1.83 bits per heavy atom. The molecule has 0 aromatic heterocycles. The summed E-state index contributed by atoms with van der Waals surface area (Å²) in [6.07, 6.45) is 1.99. The Labute approximate surface area is 111 Å². The molecule has 1 atom stereocenters. The van der Waals surface area contributed by atoms with Crippen LogP contribution in [0.3, 0.4) is 0 Å². The maximum Gasteiger partial charge on any atom is 0.0462 e. The number of hydrogen-bond acceptors (Lipinski definition) is 3. The molecule has 102 valence electrons. The van der Waals surface area contributed by atoms with Crippen LogP contribution < -0.4 is 11.3 Å². The van der Waals surface area contributed by atoms with Gasteiger partial charge in [0.25, 0.3) is 0 Å². The summed E-state index contributed by atoms with van der Waals surface area (Å²) in [5.74, 6) is 5.62. The second-order valence-electron chi connectivity index (χ2n) is 5.73. The number of hydrogen-bond donors (Lipinski definition) is 2. The first-order valence-electron chi connectivity index (χ1n) is 6.54. The van der Waals surface area contributed by atoms with Crippen molar-refractivity contribution in [3.05, 3.63) is 35.4 Å². The Balaban J connectivity index is 2.69. The minimum absolute atomic E-state index is 0.195. The molecule has 0 aliphatic carbocycles. The minimum Gasteiger partial charge on any atom is -0.385 e. The highest BCUT2D eigenvalue weighted by molar-refractivity contribution is 5.29. The lowest BCUT2D eigenvalue weighted by Gasteiger charge is -2.21. The number of nitrogens with one attached hydrogen (secondary N) is 1. The van der Waals surface area contributed by atoms with Gasteiger partial charge in [-0.05, 0) is 29.4 Å². The van der Waals surface area contributed by atoms with Crippen molar-refractivity contribution in [1.29, 1.82) is 0 Å². The van der Waals surface area contributed by atoms with Crippen LogP contribution in [0.25, 0.3) is 0 Å². The molecule has 3 heteroatoms. The van der Waals surface area contributed by atoms with E-state index >= 15 is 0 Å². The topological polar surface area (TPSA) is 47.3 Å². The number of benzene rings is 1. The van der Waals surface area contributed by atoms with Crippen molar-refractivity contribution in [1.82, 2.24) is 5.43 Å². The van der Waals surface area contributed by atoms with Crippen LogP contribution in [0.5, 0.6) is 0 Å². The molecule has 1 rings (SSSR count). The van der Waals surface area contributed by atoms with Gasteiger partial charge in [0.2, 0.25) is 0 Å². The lowest BCUT2D eigenvalue weighted by Crippen LogP contribution is -2.28. The molecule has 1 aromatic rings. The molecule has 0 aliphatic heterocycles. The van der Waals surface area contributed by atoms with Crippen molar-refractivity contribution >= 4 is 0 Å². The lowest BCUT2D eigenvalue weighted by atomic mass is 9.86. The molecular formula is C15H26N2O. The Bertz CT molecular complexity index is 341. The second-order valence-corrected chi connectivity index (χ2v) is 5.73. The average molecular weight is 250 g/mol. The van der Waals surface area contributed by atoms with Gasteiger partial charge in [0.1, 0.15) is 0 Å². The second kappa shape index (κ2) is 6.88. The highest BCUT2D eigenvalue weighted by Crippen LogP contribution is 2.25. The normalized spacial score (nSPS) is 13.6. The summed E-state index contributed by atoms with van der Waals surface area (Å²) in [6, 6.07) is 8.91. The quantitative estimate of drug-likeness (QED) is 0.463. The van der Waals surface area contributed by atoms with Gasteiger partial charge in [0.05, 0.1) is 0 Å². The van der Waals surface area contributed by atoms with Crippen molar-refractivity contribution < 1.29 is 4.74 Å². The zero-order chi connectivity index (χ0) is 13.6. The molecule has 0 bridgehead atoms. The summed E-state index contributed by atoms with van der Waals surface area (Å²) < 4.78 is 5.07. The van der Waals surface area contributed by atoms with Crippen molar-refractivity contribution in [2.45, 2.75) is 45.1 Å². The van der Waals surface area contributed by atoms with E-state index in [9.17, 15) is 0 Å². The predicted octanol–water partition coefficient (Wildman–Crippen LogP) is 2.92. The first-order chi connectivity index (χ1) is 8.49. The van der Waals surface area contributed by atoms with Crippen molar-refractivity contribution in [2.75, 3.05) is 13.7 Å². The van der Waals surface area contributed by atoms with Gasteiger partial charge in [-0.15, -0.1) is 0 Å². The van der Waals surface area contributed by atoms with Gasteiger partial charge in [0.15, 0.2) is 0 Å². The first kappa shape index (κ1) is 15.2. The fraction of sp³-hybridized carbons (Fsp3) is 0.600. The van der Waals surface area contributed by atoms with Gasteiger partial charge >= 0.3 is 0 Å². The summed E-state index contributed by atoms with van der Waals surface area (Å²) in [5, 5.41) is 0. The molecule has 1 unspecified atom stereocenters. The molecule has 0 saturated heterocycles. The molecule has 0 radical (unpaired) electrons. The van der Waals surface area contributed by atoms with Crippen LogP contribution in [-0.4, -0.2) is 13.7 Å². The smallest absolute Gasteiger partial charge is 0.0462 e. The highest BCUT2D eigenvalue weighted by atomic mass is 16.5. The van der Waals surface area contributed by atoms with E-state index in [1.54, 1.807) is 7.11 Å². The van der Waals surface area contributed by atoms with Gasteiger partial charge in [-0.3, -0.25) is 11.3 Å². The maximum atomic E-state index is 5.62. The number of rotatable bonds is 6. The summed E-state index contributed by atoms with van der Waals surface area (Å²) >= 11 is 0. The zero-order valence-corrected chi connectivity index (χ0v) is 12.0. The first-order valence-corrected chi connectivity index (χ1v) is 6.54. The van der Waals surface area contributed by atoms with Crippen molar-refractivity contribution in [3.63, 3.8) is 0 Å². The number of ether oxygens (including phenoxy) is 1. The van der Waals surface area contributed by atoms with E-state index in [2.05, 4.69) is 50.5 Å². The SMILES string of the molecule is COCCCC(NN)c1ccc(C(C)(C)C)cc1. The number of methoxy groups -OCH3 is 1. The van der Waals surface area contributed by atoms with E-state index in [4.69, 9.17) is 10.6 Å². The van der Waals surface area contributed by atoms with Crippen LogP contribution in [0, 0.1) is 0 Å². The molecule has 0 heterocycles. The zero-order valence-electron chi connectivity index (χ0n) is 12.0. The van der Waals surface area contributed by atoms with E-state index < -0.39 is 0 Å². The van der Waals surface area contributed by atoms with Crippen LogP contribution in [0.2, 0.25) is 0 Å². The fourth-order valence-electron chi connectivity index (χ4n) is 1.99. The third-order valence-corrected chi connectivity index (χ3v) is 3.22. The summed E-state index contributed by atoms with van der Waals surface area (Å²) in [4.78, 5) is 0. The average Bonchev–Trinajstić information content (AvgIpc) is 2.34. The lowest BCUT2D eigenvalue weighted by molar-refractivity contribution is 0.189. The van der Waals surface area contributed by atoms with Crippen molar-refractivity contribution in [3.8, 4) is 0 Å². The maximum absolute atomic E-state index is 5.62. The van der Waals surface area contributed by atoms with Crippen LogP contribution in [0.1, 0.15) is 50.8 Å². The van der Waals surface area contributed by atoms with Gasteiger partial charge in [-0.2, -0.15) is 0 Å². The summed E-state index contributed by atoms with van der Waals surface area (Å²) in [7, 11) is 1.73. The molecule has 3 N–H and O–H groups in total. The van der Waals surface area contributed by atoms with E-state index in [0.717, 1.165) is 19.4 Å². The summed E-state index contributed by atoms with van der Waals surface area (Å²) in [5.41, 5.74) is 5.66. The fourth-order valence-corrected chi connectivity index (χ4v) is 1.99. The van der Waals surface area contributed by atoms with Crippen LogP contribution in [0.4, 0.5) is 0 Å². The third-order valence-electron chi connectivity index (χ3n) is 3.22. The Kier molecular flexibility index (Phi) is 5.79. The molecule has 18 heavy (non-hydrogen) atoms. The Morgan fingerprint density at radius 3 is 2.28 bits per heavy atom. The van der Waals surface area contributed by atoms with E-state index in [1.807, 2.05) is 0 Å². The molecule has 0 spiro atoms. The molecule has 0 saturated carbocycles. The number of hydrazine groups is 1. The standard InChI is InChI=1S/C15H26N2O/c1-15(2,3)13-9-7-12(8-10-13)14(17-16)6-5-11-18-4/h7-10,14,17H,5-6,11,16H2,1-4H3. The molecule has 0 amide bonds. The highest BCUT2D eigenvalue weighted by Gasteiger charge is 2.14. The molecule has 0 fully saturated rings. The molecular weight excluding hydrogens is 224 g/mol. The van der Waals surface area contributed by atoms with Crippen LogP contribution in [0.15, 0.2) is 24.3 Å². The molecule has 1 aromatic carbocycles. The van der Waals surface area contributed by atoms with Gasteiger partial charge < -0.3 is 4.74 Å².